The van der Waals surface area contributed by atoms with Gasteiger partial charge in [0.25, 0.3) is 5.91 Å². The number of carbonyl (C=O) groups excluding carboxylic acids is 1. The summed E-state index contributed by atoms with van der Waals surface area (Å²) in [5, 5.41) is 3.71. The molecule has 8 heteroatoms. The third-order valence-corrected chi connectivity index (χ3v) is 6.83. The topological polar surface area (TPSA) is 54.8 Å². The Hall–Kier alpha value is -3.39. The molecule has 1 aliphatic heterocycles. The van der Waals surface area contributed by atoms with Gasteiger partial charge in [-0.2, -0.15) is 4.99 Å². The number of anilines is 1. The molecule has 2 heterocycles. The quantitative estimate of drug-likeness (QED) is 0.261. The molecule has 4 aromatic rings. The van der Waals surface area contributed by atoms with Crippen molar-refractivity contribution in [2.24, 2.45) is 4.99 Å². The zero-order chi connectivity index (χ0) is 23.3. The summed E-state index contributed by atoms with van der Waals surface area (Å²) in [5.41, 5.74) is 2.58. The van der Waals surface area contributed by atoms with Crippen molar-refractivity contribution in [1.29, 1.82) is 0 Å². The third kappa shape index (κ3) is 5.07. The van der Waals surface area contributed by atoms with Crippen LogP contribution in [0.25, 0.3) is 6.08 Å². The van der Waals surface area contributed by atoms with Crippen molar-refractivity contribution in [3.63, 3.8) is 0 Å². The van der Waals surface area contributed by atoms with Crippen molar-refractivity contribution in [2.45, 2.75) is 6.61 Å². The Kier molecular flexibility index (Phi) is 6.76. The van der Waals surface area contributed by atoms with Crippen LogP contribution in [0, 0.1) is 0 Å². The molecule has 1 saturated heterocycles. The second-order valence-corrected chi connectivity index (χ2v) is 9.57. The molecular formula is C26H18ClN3O2S2. The molecule has 0 saturated carbocycles. The van der Waals surface area contributed by atoms with Crippen molar-refractivity contribution in [3.05, 3.63) is 111 Å². The Morgan fingerprint density at radius 3 is 2.53 bits per heavy atom. The summed E-state index contributed by atoms with van der Waals surface area (Å²) in [5.74, 6) is 0.550. The van der Waals surface area contributed by atoms with Gasteiger partial charge in [-0.25, -0.2) is 4.98 Å². The van der Waals surface area contributed by atoms with Gasteiger partial charge < -0.3 is 4.74 Å². The number of amides is 1. The summed E-state index contributed by atoms with van der Waals surface area (Å²) in [4.78, 5) is 24.5. The highest BCUT2D eigenvalue weighted by atomic mass is 35.5. The van der Waals surface area contributed by atoms with Crippen LogP contribution in [0.2, 0.25) is 5.02 Å². The SMILES string of the molecule is O=C1/C(=C/c2ccccc2OCc2ccc(Cl)cc2)S/C(=N/c2nccs2)N1c1ccccc1. The highest BCUT2D eigenvalue weighted by Crippen LogP contribution is 2.38. The summed E-state index contributed by atoms with van der Waals surface area (Å²) in [7, 11) is 0. The largest absolute Gasteiger partial charge is 0.488 e. The van der Waals surface area contributed by atoms with E-state index in [-0.39, 0.29) is 5.91 Å². The van der Waals surface area contributed by atoms with Gasteiger partial charge in [0.05, 0.1) is 10.6 Å². The van der Waals surface area contributed by atoms with Gasteiger partial charge in [0, 0.05) is 22.2 Å². The first-order valence-electron chi connectivity index (χ1n) is 10.4. The zero-order valence-corrected chi connectivity index (χ0v) is 20.2. The first-order chi connectivity index (χ1) is 16.7. The first-order valence-corrected chi connectivity index (χ1v) is 12.5. The molecule has 5 nitrogen and oxygen atoms in total. The molecule has 0 unspecified atom stereocenters. The highest BCUT2D eigenvalue weighted by Gasteiger charge is 2.35. The van der Waals surface area contributed by atoms with Crippen molar-refractivity contribution < 1.29 is 9.53 Å². The normalized spacial score (nSPS) is 15.9. The number of thioether (sulfide) groups is 1. The van der Waals surface area contributed by atoms with Gasteiger partial charge in [0.2, 0.25) is 5.13 Å². The van der Waals surface area contributed by atoms with Gasteiger partial charge in [0.15, 0.2) is 5.17 Å². The van der Waals surface area contributed by atoms with E-state index >= 15 is 0 Å². The minimum Gasteiger partial charge on any atom is -0.488 e. The lowest BCUT2D eigenvalue weighted by Gasteiger charge is -2.15. The van der Waals surface area contributed by atoms with Gasteiger partial charge in [-0.3, -0.25) is 9.69 Å². The van der Waals surface area contributed by atoms with Crippen LogP contribution in [0.15, 0.2) is 100 Å². The smallest absolute Gasteiger partial charge is 0.271 e. The van der Waals surface area contributed by atoms with E-state index in [4.69, 9.17) is 16.3 Å². The average Bonchev–Trinajstić information content (AvgIpc) is 3.48. The molecule has 0 N–H and O–H groups in total. The number of benzene rings is 3. The van der Waals surface area contributed by atoms with Gasteiger partial charge in [-0.05, 0) is 53.7 Å². The second-order valence-electron chi connectivity index (χ2n) is 7.25. The van der Waals surface area contributed by atoms with E-state index in [1.807, 2.05) is 90.3 Å². The fourth-order valence-electron chi connectivity index (χ4n) is 3.32. The van der Waals surface area contributed by atoms with Crippen LogP contribution in [0.1, 0.15) is 11.1 Å². The maximum absolute atomic E-state index is 13.5. The van der Waals surface area contributed by atoms with Gasteiger partial charge in [0.1, 0.15) is 12.4 Å². The second kappa shape index (κ2) is 10.3. The number of amidine groups is 1. The first kappa shape index (κ1) is 22.4. The highest BCUT2D eigenvalue weighted by molar-refractivity contribution is 8.19. The fourth-order valence-corrected chi connectivity index (χ4v) is 4.98. The molecule has 1 fully saturated rings. The Balaban J connectivity index is 1.45. The van der Waals surface area contributed by atoms with Gasteiger partial charge in [-0.15, -0.1) is 11.3 Å². The lowest BCUT2D eigenvalue weighted by Crippen LogP contribution is -2.28. The molecule has 1 aliphatic rings. The minimum absolute atomic E-state index is 0.140. The fraction of sp³-hybridized carbons (Fsp3) is 0.0385. The molecular weight excluding hydrogens is 486 g/mol. The number of halogens is 1. The summed E-state index contributed by atoms with van der Waals surface area (Å²) in [6.07, 6.45) is 3.55. The number of rotatable bonds is 6. The van der Waals surface area contributed by atoms with Crippen molar-refractivity contribution in [2.75, 3.05) is 4.90 Å². The number of carbonyl (C=O) groups is 1. The maximum Gasteiger partial charge on any atom is 0.271 e. The number of aliphatic imine (C=N–C) groups is 1. The van der Waals surface area contributed by atoms with Gasteiger partial charge >= 0.3 is 0 Å². The minimum atomic E-state index is -0.140. The predicted octanol–water partition coefficient (Wildman–Crippen LogP) is 7.18. The van der Waals surface area contributed by atoms with Crippen LogP contribution in [-0.2, 0) is 11.4 Å². The Bertz CT molecular complexity index is 1350. The predicted molar refractivity (Wildman–Crippen MR) is 141 cm³/mol. The average molecular weight is 504 g/mol. The molecule has 0 aliphatic carbocycles. The van der Waals surface area contributed by atoms with Crippen LogP contribution < -0.4 is 9.64 Å². The monoisotopic (exact) mass is 503 g/mol. The van der Waals surface area contributed by atoms with Crippen molar-refractivity contribution >= 4 is 62.7 Å². The number of para-hydroxylation sites is 2. The summed E-state index contributed by atoms with van der Waals surface area (Å²) in [6.45, 7) is 0.394. The number of ether oxygens (including phenoxy) is 1. The maximum atomic E-state index is 13.5. The van der Waals surface area contributed by atoms with E-state index < -0.39 is 0 Å². The van der Waals surface area contributed by atoms with E-state index in [0.717, 1.165) is 16.8 Å². The van der Waals surface area contributed by atoms with E-state index in [1.165, 1.54) is 23.1 Å². The summed E-state index contributed by atoms with van der Waals surface area (Å²) >= 11 is 8.72. The summed E-state index contributed by atoms with van der Waals surface area (Å²) in [6, 6.07) is 24.7. The Labute approximate surface area is 210 Å². The van der Waals surface area contributed by atoms with Crippen molar-refractivity contribution in [1.82, 2.24) is 4.98 Å². The molecule has 0 radical (unpaired) electrons. The standard InChI is InChI=1S/C26H18ClN3O2S2/c27-20-12-10-18(11-13-20)17-32-22-9-5-4-6-19(22)16-23-24(31)30(21-7-2-1-3-8-21)26(34-23)29-25-28-14-15-33-25/h1-16H,17H2/b23-16-,29-26+. The Morgan fingerprint density at radius 1 is 1.00 bits per heavy atom. The number of nitrogens with zero attached hydrogens (tertiary/aromatic N) is 3. The Morgan fingerprint density at radius 2 is 1.76 bits per heavy atom. The lowest BCUT2D eigenvalue weighted by atomic mass is 10.1. The molecule has 34 heavy (non-hydrogen) atoms. The van der Waals surface area contributed by atoms with Crippen LogP contribution in [0.3, 0.4) is 0 Å². The number of thiazole rings is 1. The zero-order valence-electron chi connectivity index (χ0n) is 17.8. The van der Waals surface area contributed by atoms with Crippen LogP contribution in [0.5, 0.6) is 5.75 Å². The number of hydrogen-bond donors (Lipinski definition) is 0. The summed E-state index contributed by atoms with van der Waals surface area (Å²) < 4.78 is 6.07. The van der Waals surface area contributed by atoms with Crippen LogP contribution in [-0.4, -0.2) is 16.1 Å². The molecule has 3 aromatic carbocycles. The van der Waals surface area contributed by atoms with E-state index in [1.54, 1.807) is 11.1 Å². The van der Waals surface area contributed by atoms with E-state index in [2.05, 4.69) is 9.98 Å². The molecule has 0 spiro atoms. The number of aromatic nitrogens is 1. The van der Waals surface area contributed by atoms with Crippen LogP contribution in [0.4, 0.5) is 10.8 Å². The van der Waals surface area contributed by atoms with E-state index in [0.29, 0.717) is 32.6 Å². The number of hydrogen-bond acceptors (Lipinski definition) is 6. The molecule has 0 atom stereocenters. The molecule has 5 rings (SSSR count). The third-order valence-electron chi connectivity index (χ3n) is 4.94. The molecule has 0 bridgehead atoms. The molecule has 1 aromatic heterocycles. The lowest BCUT2D eigenvalue weighted by molar-refractivity contribution is -0.113. The van der Waals surface area contributed by atoms with E-state index in [9.17, 15) is 4.79 Å². The van der Waals surface area contributed by atoms with Crippen LogP contribution >= 0.6 is 34.7 Å². The molecule has 1 amide bonds. The van der Waals surface area contributed by atoms with Gasteiger partial charge in [-0.1, -0.05) is 60.1 Å². The molecule has 168 valence electrons. The van der Waals surface area contributed by atoms with Crippen molar-refractivity contribution in [3.8, 4) is 5.75 Å².